The average molecular weight is 1250 g/mol. The Hall–Kier alpha value is -5.42. The van der Waals surface area contributed by atoms with E-state index in [4.69, 9.17) is 61.9 Å². The van der Waals surface area contributed by atoms with E-state index in [0.29, 0.717) is 12.4 Å². The normalized spacial score (nSPS) is 20.8. The molecular weight excluding hydrogens is 1180 g/mol. The third-order valence-electron chi connectivity index (χ3n) is 12.0. The summed E-state index contributed by atoms with van der Waals surface area (Å²) in [6.07, 6.45) is -14.4. The smallest absolute Gasteiger partial charge is 0.434 e. The number of carbonyl (C=O) groups excluding carboxylic acids is 3. The molecule has 10 N–H and O–H groups in total. The molecule has 2 saturated heterocycles. The van der Waals surface area contributed by atoms with Crippen molar-refractivity contribution >= 4 is 35.3 Å². The first-order valence-electron chi connectivity index (χ1n) is 27.3. The second-order valence-electron chi connectivity index (χ2n) is 18.8. The lowest BCUT2D eigenvalue weighted by molar-refractivity contribution is -0.161. The number of carboxylic acid groups (broad SMARTS) is 1. The molecule has 30 nitrogen and oxygen atoms in total. The minimum Gasteiger partial charge on any atom is -0.481 e. The van der Waals surface area contributed by atoms with Crippen LogP contribution in [-0.2, 0) is 88.4 Å². The number of nitrogens with one attached hydrogen (secondary N) is 5. The van der Waals surface area contributed by atoms with Gasteiger partial charge in [-0.25, -0.2) is 9.97 Å². The summed E-state index contributed by atoms with van der Waals surface area (Å²) in [5.74, 6) is -3.27. The van der Waals surface area contributed by atoms with Gasteiger partial charge < -0.3 is 109 Å². The maximum absolute atomic E-state index is 12.9. The Balaban J connectivity index is 0.895. The maximum Gasteiger partial charge on any atom is 0.434 e. The highest BCUT2D eigenvalue weighted by molar-refractivity contribution is 5.93. The number of hydrogen-bond acceptors (Lipinski definition) is 26. The SMILES string of the molecule is O=C(O)CC(=O)NC(COCCC(=O)NCCOCCOCCOCCOC[C@H]1OC[C@H](Nc2cncc(C(F)(F)F)n2)[C@@H](O)[C@H]1O)COCCC(=O)NCCOCCOCCOCCOC[C@H]1OC[C@H](Nc2cncc(C(F)(F)F)n2)[C@@H](O)[C@H]1O. The largest absolute Gasteiger partial charge is 0.481 e. The van der Waals surface area contributed by atoms with Crippen LogP contribution in [0.4, 0.5) is 38.0 Å². The highest BCUT2D eigenvalue weighted by atomic mass is 19.4. The van der Waals surface area contributed by atoms with Crippen molar-refractivity contribution in [1.82, 2.24) is 35.9 Å². The van der Waals surface area contributed by atoms with Gasteiger partial charge in [-0.1, -0.05) is 0 Å². The zero-order valence-electron chi connectivity index (χ0n) is 46.9. The fraction of sp³-hybridized carbons (Fsp3) is 0.760. The van der Waals surface area contributed by atoms with Crippen LogP contribution in [0.2, 0.25) is 0 Å². The molecule has 8 atom stereocenters. The number of ether oxygens (including phenoxy) is 12. The summed E-state index contributed by atoms with van der Waals surface area (Å²) in [7, 11) is 0. The second kappa shape index (κ2) is 40.9. The molecule has 2 aromatic heterocycles. The molecule has 4 heterocycles. The van der Waals surface area contributed by atoms with Gasteiger partial charge in [-0.2, -0.15) is 26.3 Å². The zero-order chi connectivity index (χ0) is 62.6. The van der Waals surface area contributed by atoms with Gasteiger partial charge in [0.25, 0.3) is 0 Å². The average Bonchev–Trinajstić information content (AvgIpc) is 1.89. The topological polar surface area (TPSA) is 392 Å². The van der Waals surface area contributed by atoms with Crippen molar-refractivity contribution in [3.63, 3.8) is 0 Å². The molecule has 0 aromatic carbocycles. The first-order chi connectivity index (χ1) is 41.2. The van der Waals surface area contributed by atoms with E-state index < -0.39 is 96.8 Å². The van der Waals surface area contributed by atoms with E-state index in [1.54, 1.807) is 0 Å². The predicted octanol–water partition coefficient (Wildman–Crippen LogP) is -2.06. The van der Waals surface area contributed by atoms with Crippen molar-refractivity contribution in [3.05, 3.63) is 36.2 Å². The van der Waals surface area contributed by atoms with Gasteiger partial charge in [-0.3, -0.25) is 29.1 Å². The van der Waals surface area contributed by atoms with Crippen LogP contribution >= 0.6 is 0 Å². The molecule has 36 heteroatoms. The lowest BCUT2D eigenvalue weighted by Gasteiger charge is -2.38. The summed E-state index contributed by atoms with van der Waals surface area (Å²) >= 11 is 0. The molecule has 4 rings (SSSR count). The van der Waals surface area contributed by atoms with Crippen molar-refractivity contribution < 1.29 is 128 Å². The summed E-state index contributed by atoms with van der Waals surface area (Å²) in [6.45, 7) is 2.71. The first-order valence-corrected chi connectivity index (χ1v) is 27.3. The Morgan fingerprint density at radius 3 is 1.22 bits per heavy atom. The van der Waals surface area contributed by atoms with E-state index in [0.717, 1.165) is 12.4 Å². The van der Waals surface area contributed by atoms with Crippen molar-refractivity contribution in [1.29, 1.82) is 0 Å². The van der Waals surface area contributed by atoms with Crippen molar-refractivity contribution in [2.45, 2.75) is 86.4 Å². The Morgan fingerprint density at radius 1 is 0.500 bits per heavy atom. The van der Waals surface area contributed by atoms with Crippen LogP contribution in [-0.4, -0.2) is 282 Å². The van der Waals surface area contributed by atoms with Gasteiger partial charge in [-0.15, -0.1) is 0 Å². The molecule has 0 radical (unpaired) electrons. The zero-order valence-corrected chi connectivity index (χ0v) is 46.9. The summed E-state index contributed by atoms with van der Waals surface area (Å²) < 4.78 is 143. The highest BCUT2D eigenvalue weighted by Crippen LogP contribution is 2.29. The molecule has 490 valence electrons. The van der Waals surface area contributed by atoms with E-state index in [9.17, 15) is 65.9 Å². The van der Waals surface area contributed by atoms with Crippen LogP contribution in [0.15, 0.2) is 24.8 Å². The number of aliphatic hydroxyl groups is 4. The number of aliphatic hydroxyl groups excluding tert-OH is 4. The van der Waals surface area contributed by atoms with Crippen molar-refractivity contribution in [2.24, 2.45) is 0 Å². The first kappa shape index (κ1) is 73.1. The molecule has 0 aliphatic carbocycles. The maximum atomic E-state index is 12.9. The molecule has 0 saturated carbocycles. The third kappa shape index (κ3) is 30.5. The Kier molecular flexibility index (Phi) is 34.8. The lowest BCUT2D eigenvalue weighted by atomic mass is 9.98. The number of hydrogen-bond donors (Lipinski definition) is 10. The van der Waals surface area contributed by atoms with E-state index in [1.807, 2.05) is 0 Å². The van der Waals surface area contributed by atoms with Crippen molar-refractivity contribution in [2.75, 3.05) is 169 Å². The van der Waals surface area contributed by atoms with Crippen LogP contribution in [0.3, 0.4) is 0 Å². The Labute approximate surface area is 489 Å². The third-order valence-corrected chi connectivity index (χ3v) is 12.0. The number of aromatic nitrogens is 4. The minimum absolute atomic E-state index is 0.0263. The summed E-state index contributed by atoms with van der Waals surface area (Å²) in [4.78, 5) is 61.6. The van der Waals surface area contributed by atoms with Crippen LogP contribution in [0.5, 0.6) is 0 Å². The number of aliphatic carboxylic acids is 1. The van der Waals surface area contributed by atoms with Gasteiger partial charge in [-0.05, 0) is 0 Å². The van der Waals surface area contributed by atoms with E-state index in [1.165, 1.54) is 0 Å². The van der Waals surface area contributed by atoms with E-state index in [-0.39, 0.29) is 195 Å². The van der Waals surface area contributed by atoms with Gasteiger partial charge in [0, 0.05) is 25.9 Å². The van der Waals surface area contributed by atoms with Gasteiger partial charge in [0.15, 0.2) is 11.4 Å². The van der Waals surface area contributed by atoms with Gasteiger partial charge in [0.05, 0.1) is 188 Å². The quantitative estimate of drug-likeness (QED) is 0.0194. The second-order valence-corrected chi connectivity index (χ2v) is 18.8. The van der Waals surface area contributed by atoms with Crippen molar-refractivity contribution in [3.8, 4) is 0 Å². The number of anilines is 2. The van der Waals surface area contributed by atoms with Gasteiger partial charge in [0.1, 0.15) is 54.7 Å². The molecular formula is C50H77F6N9O21. The Morgan fingerprint density at radius 2 is 0.860 bits per heavy atom. The molecule has 86 heavy (non-hydrogen) atoms. The Bertz CT molecular complexity index is 2110. The van der Waals surface area contributed by atoms with Crippen LogP contribution in [0.1, 0.15) is 30.7 Å². The fourth-order valence-corrected chi connectivity index (χ4v) is 7.59. The fourth-order valence-electron chi connectivity index (χ4n) is 7.59. The number of rotatable bonds is 45. The standard InChI is InChI=1S/C50H77F6N9O21/c51-49(52,53)37-22-57-24-39(64-37)62-33-28-85-35(47(73)45(33)71)30-83-19-17-79-15-13-77-11-9-75-7-3-59-41(66)1-5-81-26-32(61-43(68)21-44(69)70)27-82-6-2-42(67)60-4-8-76-10-12-78-14-16-80-18-20-84-31-36-48(74)46(72)34(29-86-36)63-40-25-58-23-38(65-40)50(54,55)56/h22-25,32-36,45-48,71-74H,1-21,26-31H2,(H,59,66)(H,60,67)(H,61,68)(H,62,64)(H,63,65)(H,69,70)/t33-,34-,35+,36+,45+,46+,47-,48-/m0/s1. The summed E-state index contributed by atoms with van der Waals surface area (Å²) in [5, 5.41) is 63.9. The van der Waals surface area contributed by atoms with Gasteiger partial charge >= 0.3 is 18.3 Å². The number of halogens is 6. The monoisotopic (exact) mass is 1250 g/mol. The molecule has 3 amide bonds. The molecule has 0 unspecified atom stereocenters. The lowest BCUT2D eigenvalue weighted by Crippen LogP contribution is -2.57. The molecule has 2 aromatic rings. The number of amides is 3. The number of nitrogens with zero attached hydrogens (tertiary/aromatic N) is 4. The van der Waals surface area contributed by atoms with Gasteiger partial charge in [0.2, 0.25) is 17.7 Å². The number of carboxylic acids is 1. The molecule has 2 aliphatic rings. The number of carbonyl (C=O) groups is 4. The summed E-state index contributed by atoms with van der Waals surface area (Å²) in [6, 6.07) is -2.68. The summed E-state index contributed by atoms with van der Waals surface area (Å²) in [5.41, 5.74) is -2.43. The minimum atomic E-state index is -4.71. The van der Waals surface area contributed by atoms with Crippen LogP contribution < -0.4 is 26.6 Å². The van der Waals surface area contributed by atoms with Crippen LogP contribution in [0, 0.1) is 0 Å². The van der Waals surface area contributed by atoms with E-state index >= 15 is 0 Å². The highest BCUT2D eigenvalue weighted by Gasteiger charge is 2.41. The van der Waals surface area contributed by atoms with Crippen LogP contribution in [0.25, 0.3) is 0 Å². The molecule has 0 spiro atoms. The predicted molar refractivity (Wildman–Crippen MR) is 280 cm³/mol. The van der Waals surface area contributed by atoms with E-state index in [2.05, 4.69) is 46.5 Å². The molecule has 2 fully saturated rings. The molecule has 0 bridgehead atoms. The number of alkyl halides is 6. The molecule has 2 aliphatic heterocycles.